The average molecular weight is 457 g/mol. The van der Waals surface area contributed by atoms with Gasteiger partial charge in [-0.1, -0.05) is 45.0 Å². The highest BCUT2D eigenvalue weighted by atomic mass is 16.5. The van der Waals surface area contributed by atoms with Gasteiger partial charge in [0, 0.05) is 11.3 Å². The Hall–Kier alpha value is -3.60. The molecule has 4 aromatic rings. The summed E-state index contributed by atoms with van der Waals surface area (Å²) >= 11 is 0. The van der Waals surface area contributed by atoms with Gasteiger partial charge >= 0.3 is 0 Å². The van der Waals surface area contributed by atoms with Crippen LogP contribution in [0.3, 0.4) is 0 Å². The van der Waals surface area contributed by atoms with Gasteiger partial charge in [0.05, 0.1) is 0 Å². The molecule has 5 nitrogen and oxygen atoms in total. The fourth-order valence-corrected chi connectivity index (χ4v) is 3.68. The number of ether oxygens (including phenoxy) is 1. The monoisotopic (exact) mass is 456 g/mol. The van der Waals surface area contributed by atoms with Crippen molar-refractivity contribution in [2.75, 3.05) is 5.32 Å². The van der Waals surface area contributed by atoms with Crippen molar-refractivity contribution in [1.29, 1.82) is 0 Å². The summed E-state index contributed by atoms with van der Waals surface area (Å²) in [6, 6.07) is 19.6. The Balaban J connectivity index is 1.53. The second-order valence-corrected chi connectivity index (χ2v) is 10.4. The summed E-state index contributed by atoms with van der Waals surface area (Å²) in [6.07, 6.45) is 0. The van der Waals surface area contributed by atoms with E-state index in [4.69, 9.17) is 9.15 Å². The van der Waals surface area contributed by atoms with E-state index >= 15 is 0 Å². The lowest BCUT2D eigenvalue weighted by atomic mass is 9.87. The number of aromatic nitrogens is 1. The van der Waals surface area contributed by atoms with Gasteiger partial charge in [0.1, 0.15) is 11.3 Å². The summed E-state index contributed by atoms with van der Waals surface area (Å²) in [6.45, 7) is 14.0. The van der Waals surface area contributed by atoms with Gasteiger partial charge < -0.3 is 14.5 Å². The number of amides is 1. The second kappa shape index (κ2) is 8.64. The molecule has 3 aromatic carbocycles. The van der Waals surface area contributed by atoms with E-state index in [0.717, 1.165) is 27.8 Å². The highest BCUT2D eigenvalue weighted by molar-refractivity contribution is 5.98. The average Bonchev–Trinajstić information content (AvgIpc) is 3.18. The zero-order valence-electron chi connectivity index (χ0n) is 20.9. The standard InChI is InChI=1S/C29H32N2O3/c1-18-8-15-23-25(16-18)33-26(30-23)20-10-9-19(2)24(17-20)31-27(32)29(6,7)34-22-13-11-21(12-14-22)28(3,4)5/h8-17H,1-7H3,(H,31,32). The Kier molecular flexibility index (Phi) is 5.98. The molecule has 0 saturated heterocycles. The molecule has 0 spiro atoms. The van der Waals surface area contributed by atoms with E-state index < -0.39 is 5.60 Å². The minimum atomic E-state index is -1.07. The van der Waals surface area contributed by atoms with Gasteiger partial charge in [-0.3, -0.25) is 4.79 Å². The molecule has 0 saturated carbocycles. The van der Waals surface area contributed by atoms with Crippen molar-refractivity contribution in [3.8, 4) is 17.2 Å². The number of rotatable bonds is 5. The summed E-state index contributed by atoms with van der Waals surface area (Å²) in [4.78, 5) is 17.8. The van der Waals surface area contributed by atoms with Gasteiger partial charge in [-0.15, -0.1) is 0 Å². The van der Waals surface area contributed by atoms with Crippen LogP contribution in [-0.4, -0.2) is 16.5 Å². The molecule has 0 fully saturated rings. The molecule has 0 bridgehead atoms. The lowest BCUT2D eigenvalue weighted by molar-refractivity contribution is -0.128. The SMILES string of the molecule is Cc1ccc2nc(-c3ccc(C)c(NC(=O)C(C)(C)Oc4ccc(C(C)(C)C)cc4)c3)oc2c1. The molecule has 34 heavy (non-hydrogen) atoms. The number of anilines is 1. The van der Waals surface area contributed by atoms with Crippen molar-refractivity contribution in [2.45, 2.75) is 59.5 Å². The number of hydrogen-bond acceptors (Lipinski definition) is 4. The van der Waals surface area contributed by atoms with Crippen molar-refractivity contribution in [3.63, 3.8) is 0 Å². The molecule has 1 N–H and O–H groups in total. The van der Waals surface area contributed by atoms with Crippen LogP contribution in [0, 0.1) is 13.8 Å². The molecule has 4 rings (SSSR count). The highest BCUT2D eigenvalue weighted by Gasteiger charge is 2.30. The van der Waals surface area contributed by atoms with Crippen molar-refractivity contribution in [2.24, 2.45) is 0 Å². The van der Waals surface area contributed by atoms with Gasteiger partial charge in [-0.2, -0.15) is 0 Å². The van der Waals surface area contributed by atoms with E-state index in [9.17, 15) is 4.79 Å². The predicted molar refractivity (Wildman–Crippen MR) is 137 cm³/mol. The van der Waals surface area contributed by atoms with E-state index in [-0.39, 0.29) is 11.3 Å². The van der Waals surface area contributed by atoms with Gasteiger partial charge in [-0.25, -0.2) is 4.98 Å². The number of hydrogen-bond donors (Lipinski definition) is 1. The topological polar surface area (TPSA) is 64.4 Å². The van der Waals surface area contributed by atoms with Crippen LogP contribution in [0.25, 0.3) is 22.6 Å². The van der Waals surface area contributed by atoms with Crippen LogP contribution in [-0.2, 0) is 10.2 Å². The third-order valence-electron chi connectivity index (χ3n) is 5.92. The molecular weight excluding hydrogens is 424 g/mol. The Morgan fingerprint density at radius 2 is 1.62 bits per heavy atom. The van der Waals surface area contributed by atoms with Crippen molar-refractivity contribution >= 4 is 22.7 Å². The minimum absolute atomic E-state index is 0.0570. The summed E-state index contributed by atoms with van der Waals surface area (Å²) in [7, 11) is 0. The quantitative estimate of drug-likeness (QED) is 0.345. The number of nitrogens with one attached hydrogen (secondary N) is 1. The van der Waals surface area contributed by atoms with Crippen LogP contribution < -0.4 is 10.1 Å². The van der Waals surface area contributed by atoms with E-state index in [1.54, 1.807) is 13.8 Å². The summed E-state index contributed by atoms with van der Waals surface area (Å²) < 4.78 is 12.0. The van der Waals surface area contributed by atoms with Crippen LogP contribution in [0.1, 0.15) is 51.3 Å². The minimum Gasteiger partial charge on any atom is -0.478 e. The van der Waals surface area contributed by atoms with Crippen molar-refractivity contribution in [1.82, 2.24) is 4.98 Å². The molecule has 0 unspecified atom stereocenters. The van der Waals surface area contributed by atoms with E-state index in [1.165, 1.54) is 5.56 Å². The largest absolute Gasteiger partial charge is 0.478 e. The Labute approximate surface area is 201 Å². The van der Waals surface area contributed by atoms with Crippen LogP contribution in [0.15, 0.2) is 65.1 Å². The molecule has 0 aliphatic heterocycles. The van der Waals surface area contributed by atoms with Crippen molar-refractivity contribution < 1.29 is 13.9 Å². The molecule has 5 heteroatoms. The number of benzene rings is 3. The Morgan fingerprint density at radius 3 is 2.29 bits per heavy atom. The smallest absolute Gasteiger partial charge is 0.267 e. The summed E-state index contributed by atoms with van der Waals surface area (Å²) in [5, 5.41) is 3.03. The second-order valence-electron chi connectivity index (χ2n) is 10.4. The molecule has 0 radical (unpaired) electrons. The predicted octanol–water partition coefficient (Wildman–Crippen LogP) is 7.21. The van der Waals surface area contributed by atoms with Crippen LogP contribution in [0.2, 0.25) is 0 Å². The molecule has 1 aromatic heterocycles. The number of nitrogens with zero attached hydrogens (tertiary/aromatic N) is 1. The first kappa shape index (κ1) is 23.6. The maximum absolute atomic E-state index is 13.2. The normalized spacial score (nSPS) is 12.1. The molecule has 0 aliphatic carbocycles. The van der Waals surface area contributed by atoms with Gasteiger partial charge in [0.2, 0.25) is 5.89 Å². The van der Waals surface area contributed by atoms with E-state index in [2.05, 4.69) is 31.1 Å². The first-order valence-corrected chi connectivity index (χ1v) is 11.5. The molecule has 1 amide bonds. The first-order valence-electron chi connectivity index (χ1n) is 11.5. The number of fused-ring (bicyclic) bond motifs is 1. The Bertz CT molecular complexity index is 1340. The third kappa shape index (κ3) is 4.98. The zero-order chi connectivity index (χ0) is 24.7. The number of oxazole rings is 1. The number of carbonyl (C=O) groups excluding carboxylic acids is 1. The van der Waals surface area contributed by atoms with Gasteiger partial charge in [-0.05, 0) is 86.2 Å². The lowest BCUT2D eigenvalue weighted by Gasteiger charge is -2.26. The Morgan fingerprint density at radius 1 is 0.912 bits per heavy atom. The van der Waals surface area contributed by atoms with Crippen LogP contribution >= 0.6 is 0 Å². The number of carbonyl (C=O) groups is 1. The fraction of sp³-hybridized carbons (Fsp3) is 0.310. The first-order chi connectivity index (χ1) is 15.9. The molecule has 0 aliphatic rings. The van der Waals surface area contributed by atoms with E-state index in [1.807, 2.05) is 74.5 Å². The third-order valence-corrected chi connectivity index (χ3v) is 5.92. The number of aryl methyl sites for hydroxylation is 2. The zero-order valence-corrected chi connectivity index (χ0v) is 20.9. The molecular formula is C29H32N2O3. The molecule has 1 heterocycles. The molecule has 176 valence electrons. The lowest BCUT2D eigenvalue weighted by Crippen LogP contribution is -2.42. The van der Waals surface area contributed by atoms with Gasteiger partial charge in [0.25, 0.3) is 5.91 Å². The summed E-state index contributed by atoms with van der Waals surface area (Å²) in [5.41, 5.74) is 5.29. The van der Waals surface area contributed by atoms with Crippen LogP contribution in [0.4, 0.5) is 5.69 Å². The summed E-state index contributed by atoms with van der Waals surface area (Å²) in [5.74, 6) is 0.937. The maximum atomic E-state index is 13.2. The fourth-order valence-electron chi connectivity index (χ4n) is 3.68. The van der Waals surface area contributed by atoms with Crippen molar-refractivity contribution in [3.05, 3.63) is 77.4 Å². The van der Waals surface area contributed by atoms with Gasteiger partial charge in [0.15, 0.2) is 11.2 Å². The van der Waals surface area contributed by atoms with Crippen LogP contribution in [0.5, 0.6) is 5.75 Å². The molecule has 0 atom stereocenters. The van der Waals surface area contributed by atoms with E-state index in [0.29, 0.717) is 17.3 Å². The highest BCUT2D eigenvalue weighted by Crippen LogP contribution is 2.30. The maximum Gasteiger partial charge on any atom is 0.267 e.